The molecule has 1 aromatic heterocycles. The molecule has 0 saturated carbocycles. The highest BCUT2D eigenvalue weighted by Gasteiger charge is 2.17. The number of carbonyl (C=O) groups is 1. The summed E-state index contributed by atoms with van der Waals surface area (Å²) in [6.45, 7) is 2.34. The molecular formula is C25H24N2O6. The molecule has 3 aromatic carbocycles. The molecule has 1 N–H and O–H groups in total. The smallest absolute Gasteiger partial charge is 0.420 e. The van der Waals surface area contributed by atoms with Gasteiger partial charge in [-0.3, -0.25) is 9.36 Å². The largest absolute Gasteiger partial charge is 0.493 e. The van der Waals surface area contributed by atoms with Crippen molar-refractivity contribution >= 4 is 22.7 Å². The average molecular weight is 448 g/mol. The third-order valence-corrected chi connectivity index (χ3v) is 5.31. The van der Waals surface area contributed by atoms with Crippen molar-refractivity contribution in [2.45, 2.75) is 13.5 Å². The molecule has 0 spiro atoms. The van der Waals surface area contributed by atoms with Crippen LogP contribution in [0.1, 0.15) is 21.5 Å². The topological polar surface area (TPSA) is 91.9 Å². The Morgan fingerprint density at radius 2 is 1.61 bits per heavy atom. The standard InChI is InChI=1S/C25H24N2O6/c1-15-5-7-16(8-6-15)14-27-19-11-17(9-10-20(19)33-25(27)29)24(28)26-18-12-21(30-2)23(32-4)22(13-18)31-3/h5-13H,14H2,1-4H3,(H,26,28). The van der Waals surface area contributed by atoms with Gasteiger partial charge in [-0.2, -0.15) is 0 Å². The number of amides is 1. The predicted octanol–water partition coefficient (Wildman–Crippen LogP) is 4.23. The van der Waals surface area contributed by atoms with Gasteiger partial charge in [0.25, 0.3) is 5.91 Å². The minimum absolute atomic E-state index is 0.337. The van der Waals surface area contributed by atoms with E-state index in [-0.39, 0.29) is 5.91 Å². The fraction of sp³-hybridized carbons (Fsp3) is 0.200. The lowest BCUT2D eigenvalue weighted by Gasteiger charge is -2.14. The van der Waals surface area contributed by atoms with E-state index in [4.69, 9.17) is 18.6 Å². The number of aromatic nitrogens is 1. The van der Waals surface area contributed by atoms with Crippen LogP contribution in [0.25, 0.3) is 11.1 Å². The highest BCUT2D eigenvalue weighted by atomic mass is 16.5. The molecular weight excluding hydrogens is 424 g/mol. The lowest BCUT2D eigenvalue weighted by atomic mass is 10.1. The van der Waals surface area contributed by atoms with Gasteiger partial charge in [-0.15, -0.1) is 0 Å². The van der Waals surface area contributed by atoms with E-state index in [0.717, 1.165) is 11.1 Å². The number of carbonyl (C=O) groups excluding carboxylic acids is 1. The number of rotatable bonds is 7. The lowest BCUT2D eigenvalue weighted by molar-refractivity contribution is 0.102. The number of ether oxygens (including phenoxy) is 3. The molecule has 0 aliphatic heterocycles. The van der Waals surface area contributed by atoms with Gasteiger partial charge in [-0.25, -0.2) is 4.79 Å². The summed E-state index contributed by atoms with van der Waals surface area (Å²) in [6.07, 6.45) is 0. The second-order valence-electron chi connectivity index (χ2n) is 7.49. The number of nitrogens with zero attached hydrogens (tertiary/aromatic N) is 1. The Hall–Kier alpha value is -4.20. The van der Waals surface area contributed by atoms with Crippen LogP contribution in [0.15, 0.2) is 63.8 Å². The zero-order valence-electron chi connectivity index (χ0n) is 18.8. The summed E-state index contributed by atoms with van der Waals surface area (Å²) in [7, 11) is 4.51. The molecule has 0 bridgehead atoms. The van der Waals surface area contributed by atoms with Crippen molar-refractivity contribution in [3.63, 3.8) is 0 Å². The highest BCUT2D eigenvalue weighted by molar-refractivity contribution is 6.06. The number of fused-ring (bicyclic) bond motifs is 1. The molecule has 0 atom stereocenters. The van der Waals surface area contributed by atoms with Gasteiger partial charge in [0.05, 0.1) is 33.4 Å². The molecule has 4 rings (SSSR count). The lowest BCUT2D eigenvalue weighted by Crippen LogP contribution is -2.16. The van der Waals surface area contributed by atoms with Gasteiger partial charge in [0, 0.05) is 23.4 Å². The average Bonchev–Trinajstić information content (AvgIpc) is 3.13. The van der Waals surface area contributed by atoms with E-state index >= 15 is 0 Å². The van der Waals surface area contributed by atoms with Crippen LogP contribution in [0, 0.1) is 6.92 Å². The number of oxazole rings is 1. The van der Waals surface area contributed by atoms with Crippen molar-refractivity contribution in [3.8, 4) is 17.2 Å². The van der Waals surface area contributed by atoms with Gasteiger partial charge in [0.1, 0.15) is 0 Å². The number of methoxy groups -OCH3 is 3. The fourth-order valence-electron chi connectivity index (χ4n) is 3.59. The van der Waals surface area contributed by atoms with Crippen molar-refractivity contribution in [1.29, 1.82) is 0 Å². The fourth-order valence-corrected chi connectivity index (χ4v) is 3.59. The normalized spacial score (nSPS) is 10.8. The second-order valence-corrected chi connectivity index (χ2v) is 7.49. The minimum atomic E-state index is -0.479. The molecule has 0 fully saturated rings. The predicted molar refractivity (Wildman–Crippen MR) is 125 cm³/mol. The molecule has 1 heterocycles. The SMILES string of the molecule is COc1cc(NC(=O)c2ccc3oc(=O)n(Cc4ccc(C)cc4)c3c2)cc(OC)c1OC. The quantitative estimate of drug-likeness (QED) is 0.455. The van der Waals surface area contributed by atoms with Gasteiger partial charge in [-0.1, -0.05) is 29.8 Å². The van der Waals surface area contributed by atoms with E-state index in [9.17, 15) is 9.59 Å². The van der Waals surface area contributed by atoms with Crippen LogP contribution in [0.5, 0.6) is 17.2 Å². The van der Waals surface area contributed by atoms with Crippen LogP contribution in [-0.2, 0) is 6.54 Å². The molecule has 1 amide bonds. The van der Waals surface area contributed by atoms with Crippen molar-refractivity contribution in [2.75, 3.05) is 26.6 Å². The third kappa shape index (κ3) is 4.41. The van der Waals surface area contributed by atoms with Gasteiger partial charge in [-0.05, 0) is 30.7 Å². The Kier molecular flexibility index (Phi) is 6.08. The van der Waals surface area contributed by atoms with E-state index in [1.165, 1.54) is 25.9 Å². The van der Waals surface area contributed by atoms with Gasteiger partial charge in [0.2, 0.25) is 5.75 Å². The molecule has 8 heteroatoms. The van der Waals surface area contributed by atoms with E-state index < -0.39 is 5.76 Å². The third-order valence-electron chi connectivity index (χ3n) is 5.31. The number of aryl methyl sites for hydroxylation is 1. The second kappa shape index (κ2) is 9.12. The first kappa shape index (κ1) is 22.0. The Balaban J connectivity index is 1.65. The Morgan fingerprint density at radius 1 is 0.939 bits per heavy atom. The van der Waals surface area contributed by atoms with Crippen molar-refractivity contribution in [3.05, 3.63) is 81.8 Å². The maximum absolute atomic E-state index is 13.0. The molecule has 170 valence electrons. The molecule has 0 aliphatic rings. The maximum Gasteiger partial charge on any atom is 0.420 e. The zero-order valence-corrected chi connectivity index (χ0v) is 18.8. The molecule has 0 aliphatic carbocycles. The molecule has 33 heavy (non-hydrogen) atoms. The van der Waals surface area contributed by atoms with Gasteiger partial charge < -0.3 is 23.9 Å². The number of hydrogen-bond donors (Lipinski definition) is 1. The Labute approximate surface area is 190 Å². The summed E-state index contributed by atoms with van der Waals surface area (Å²) in [5.74, 6) is 0.432. The van der Waals surface area contributed by atoms with E-state index in [2.05, 4.69) is 5.32 Å². The monoisotopic (exact) mass is 448 g/mol. The minimum Gasteiger partial charge on any atom is -0.493 e. The number of hydrogen-bond acceptors (Lipinski definition) is 6. The zero-order chi connectivity index (χ0) is 23.5. The Morgan fingerprint density at radius 3 is 2.21 bits per heavy atom. The number of benzene rings is 3. The summed E-state index contributed by atoms with van der Waals surface area (Å²) >= 11 is 0. The first-order chi connectivity index (χ1) is 15.9. The summed E-state index contributed by atoms with van der Waals surface area (Å²) in [6, 6.07) is 16.0. The van der Waals surface area contributed by atoms with Crippen LogP contribution in [0.2, 0.25) is 0 Å². The maximum atomic E-state index is 13.0. The van der Waals surface area contributed by atoms with Crippen molar-refractivity contribution in [1.82, 2.24) is 4.57 Å². The van der Waals surface area contributed by atoms with Crippen LogP contribution in [0.4, 0.5) is 5.69 Å². The highest BCUT2D eigenvalue weighted by Crippen LogP contribution is 2.40. The molecule has 0 unspecified atom stereocenters. The van der Waals surface area contributed by atoms with E-state index in [1.54, 1.807) is 30.3 Å². The van der Waals surface area contributed by atoms with Crippen LogP contribution in [-0.4, -0.2) is 31.8 Å². The summed E-state index contributed by atoms with van der Waals surface area (Å²) in [5, 5.41) is 2.83. The molecule has 0 saturated heterocycles. The summed E-state index contributed by atoms with van der Waals surface area (Å²) in [5.41, 5.74) is 3.88. The summed E-state index contributed by atoms with van der Waals surface area (Å²) < 4.78 is 22.9. The first-order valence-electron chi connectivity index (χ1n) is 10.2. The Bertz CT molecular complexity index is 1340. The van der Waals surface area contributed by atoms with Crippen molar-refractivity contribution in [2.24, 2.45) is 0 Å². The van der Waals surface area contributed by atoms with E-state index in [0.29, 0.717) is 46.1 Å². The van der Waals surface area contributed by atoms with Crippen LogP contribution < -0.4 is 25.3 Å². The molecule has 0 radical (unpaired) electrons. The molecule has 8 nitrogen and oxygen atoms in total. The number of nitrogens with one attached hydrogen (secondary N) is 1. The summed E-state index contributed by atoms with van der Waals surface area (Å²) in [4.78, 5) is 25.4. The van der Waals surface area contributed by atoms with Crippen LogP contribution in [0.3, 0.4) is 0 Å². The molecule has 4 aromatic rings. The first-order valence-corrected chi connectivity index (χ1v) is 10.2. The number of anilines is 1. The van der Waals surface area contributed by atoms with Crippen molar-refractivity contribution < 1.29 is 23.4 Å². The van der Waals surface area contributed by atoms with Crippen LogP contribution >= 0.6 is 0 Å². The van der Waals surface area contributed by atoms with Gasteiger partial charge in [0.15, 0.2) is 17.1 Å². The van der Waals surface area contributed by atoms with Gasteiger partial charge >= 0.3 is 5.76 Å². The van der Waals surface area contributed by atoms with E-state index in [1.807, 2.05) is 31.2 Å².